The highest BCUT2D eigenvalue weighted by atomic mass is 35.5. The third-order valence-corrected chi connectivity index (χ3v) is 7.87. The Hall–Kier alpha value is -1.41. The van der Waals surface area contributed by atoms with Gasteiger partial charge in [-0.2, -0.15) is 0 Å². The van der Waals surface area contributed by atoms with Gasteiger partial charge < -0.3 is 0 Å². The van der Waals surface area contributed by atoms with Gasteiger partial charge in [-0.15, -0.1) is 11.8 Å². The van der Waals surface area contributed by atoms with Gasteiger partial charge in [0.25, 0.3) is 0 Å². The molecule has 1 aromatic heterocycles. The van der Waals surface area contributed by atoms with E-state index in [2.05, 4.69) is 17.7 Å². The summed E-state index contributed by atoms with van der Waals surface area (Å²) in [6, 6.07) is 17.0. The van der Waals surface area contributed by atoms with E-state index in [1.54, 1.807) is 23.9 Å². The number of benzene rings is 2. The number of hydrogen-bond acceptors (Lipinski definition) is 2. The predicted molar refractivity (Wildman–Crippen MR) is 102 cm³/mol. The van der Waals surface area contributed by atoms with E-state index < -0.39 is 7.92 Å². The van der Waals surface area contributed by atoms with Crippen molar-refractivity contribution in [3.63, 3.8) is 0 Å². The van der Waals surface area contributed by atoms with Crippen LogP contribution >= 0.6 is 31.3 Å². The van der Waals surface area contributed by atoms with Crippen LogP contribution in [0.15, 0.2) is 65.7 Å². The first-order chi connectivity index (χ1) is 11.6. The molecule has 2 heterocycles. The smallest absolute Gasteiger partial charge is 0.123 e. The Morgan fingerprint density at radius 2 is 1.88 bits per heavy atom. The maximum atomic E-state index is 13.9. The first-order valence-electron chi connectivity index (χ1n) is 7.54. The lowest BCUT2D eigenvalue weighted by Crippen LogP contribution is -2.28. The van der Waals surface area contributed by atoms with Crippen molar-refractivity contribution < 1.29 is 4.39 Å². The Kier molecular flexibility index (Phi) is 4.34. The highest BCUT2D eigenvalue weighted by Crippen LogP contribution is 2.48. The van der Waals surface area contributed by atoms with E-state index >= 15 is 0 Å². The summed E-state index contributed by atoms with van der Waals surface area (Å²) in [5.74, 6) is -0.196. The van der Waals surface area contributed by atoms with E-state index in [9.17, 15) is 4.39 Å². The second-order valence-corrected chi connectivity index (χ2v) is 9.32. The summed E-state index contributed by atoms with van der Waals surface area (Å²) >= 11 is 7.68. The van der Waals surface area contributed by atoms with Crippen molar-refractivity contribution in [3.8, 4) is 0 Å². The van der Waals surface area contributed by atoms with Gasteiger partial charge in [0.2, 0.25) is 0 Å². The maximum Gasteiger partial charge on any atom is 0.123 e. The summed E-state index contributed by atoms with van der Waals surface area (Å²) in [5, 5.41) is 3.22. The van der Waals surface area contributed by atoms with Crippen LogP contribution < -0.4 is 10.6 Å². The fraction of sp³-hybridized carbons (Fsp3) is 0.105. The number of aromatic nitrogens is 1. The number of fused-ring (bicyclic) bond motifs is 2. The highest BCUT2D eigenvalue weighted by molar-refractivity contribution is 8.00. The molecule has 2 aromatic carbocycles. The third-order valence-electron chi connectivity index (χ3n) is 4.13. The van der Waals surface area contributed by atoms with Crippen LogP contribution in [0.4, 0.5) is 4.39 Å². The van der Waals surface area contributed by atoms with Gasteiger partial charge in [-0.3, -0.25) is 4.98 Å². The minimum absolute atomic E-state index is 0.00762. The molecule has 0 bridgehead atoms. The first kappa shape index (κ1) is 16.1. The van der Waals surface area contributed by atoms with Crippen LogP contribution in [0.2, 0.25) is 5.02 Å². The molecule has 4 rings (SSSR count). The molecule has 0 aliphatic carbocycles. The van der Waals surface area contributed by atoms with Gasteiger partial charge >= 0.3 is 0 Å². The molecule has 5 heteroatoms. The summed E-state index contributed by atoms with van der Waals surface area (Å²) in [6.45, 7) is 2.22. The molecule has 1 nitrogen and oxygen atoms in total. The minimum atomic E-state index is -0.506. The molecule has 0 N–H and O–H groups in total. The molecule has 1 aliphatic rings. The van der Waals surface area contributed by atoms with Crippen LogP contribution in [0.5, 0.6) is 0 Å². The van der Waals surface area contributed by atoms with Crippen LogP contribution in [-0.2, 0) is 0 Å². The zero-order chi connectivity index (χ0) is 16.7. The fourth-order valence-corrected chi connectivity index (χ4v) is 6.45. The zero-order valence-electron chi connectivity index (χ0n) is 12.9. The highest BCUT2D eigenvalue weighted by Gasteiger charge is 2.32. The Bertz CT molecular complexity index is 900. The van der Waals surface area contributed by atoms with Crippen molar-refractivity contribution in [1.29, 1.82) is 0 Å². The van der Waals surface area contributed by atoms with Crippen LogP contribution in [0.3, 0.4) is 0 Å². The van der Waals surface area contributed by atoms with Gasteiger partial charge in [0.05, 0.1) is 10.9 Å². The van der Waals surface area contributed by atoms with Crippen LogP contribution in [0, 0.1) is 5.82 Å². The summed E-state index contributed by atoms with van der Waals surface area (Å²) in [5.41, 5.74) is 2.08. The standard InChI is InChI=1S/C19H14ClFNPS/c1-23-16-9-6-13(21)11-15(16)19(18-17(23)3-2-10-22-18)24-14-7-4-12(20)5-8-14/h2-11,19H,1H3. The quantitative estimate of drug-likeness (QED) is 0.577. The van der Waals surface area contributed by atoms with E-state index in [0.29, 0.717) is 5.02 Å². The van der Waals surface area contributed by atoms with Crippen molar-refractivity contribution in [2.24, 2.45) is 0 Å². The number of pyridine rings is 1. The van der Waals surface area contributed by atoms with E-state index in [4.69, 9.17) is 11.6 Å². The van der Waals surface area contributed by atoms with E-state index in [-0.39, 0.29) is 11.1 Å². The molecule has 0 saturated carbocycles. The number of nitrogens with zero attached hydrogens (tertiary/aromatic N) is 1. The second-order valence-electron chi connectivity index (χ2n) is 5.62. The molecular formula is C19H14ClFNPS. The maximum absolute atomic E-state index is 13.9. The van der Waals surface area contributed by atoms with Crippen molar-refractivity contribution in [1.82, 2.24) is 4.98 Å². The van der Waals surface area contributed by atoms with Gasteiger partial charge in [-0.05, 0) is 67.9 Å². The Morgan fingerprint density at radius 3 is 2.67 bits per heavy atom. The Balaban J connectivity index is 1.84. The topological polar surface area (TPSA) is 12.9 Å². The van der Waals surface area contributed by atoms with E-state index in [0.717, 1.165) is 16.2 Å². The lowest BCUT2D eigenvalue weighted by Gasteiger charge is -2.31. The van der Waals surface area contributed by atoms with E-state index in [1.807, 2.05) is 42.6 Å². The van der Waals surface area contributed by atoms with Crippen LogP contribution in [-0.4, -0.2) is 11.6 Å². The van der Waals surface area contributed by atoms with Crippen molar-refractivity contribution in [3.05, 3.63) is 82.9 Å². The molecule has 0 radical (unpaired) electrons. The molecule has 0 fully saturated rings. The van der Waals surface area contributed by atoms with Gasteiger partial charge in [-0.25, -0.2) is 4.39 Å². The SMILES string of the molecule is CP1c2ccc(F)cc2C(Sc2ccc(Cl)cc2)c2ncccc21. The zero-order valence-corrected chi connectivity index (χ0v) is 15.4. The van der Waals surface area contributed by atoms with Crippen molar-refractivity contribution in [2.75, 3.05) is 6.66 Å². The summed E-state index contributed by atoms with van der Waals surface area (Å²) in [4.78, 5) is 5.74. The van der Waals surface area contributed by atoms with Crippen LogP contribution in [0.25, 0.3) is 0 Å². The Labute approximate surface area is 151 Å². The molecular weight excluding hydrogens is 360 g/mol. The van der Waals surface area contributed by atoms with Crippen molar-refractivity contribution in [2.45, 2.75) is 10.1 Å². The molecule has 3 aromatic rings. The fourth-order valence-electron chi connectivity index (χ4n) is 2.98. The molecule has 0 amide bonds. The van der Waals surface area contributed by atoms with Gasteiger partial charge in [0, 0.05) is 21.4 Å². The predicted octanol–water partition coefficient (Wildman–Crippen LogP) is 5.13. The molecule has 120 valence electrons. The number of thioether (sulfide) groups is 1. The number of hydrogen-bond donors (Lipinski definition) is 0. The van der Waals surface area contributed by atoms with Gasteiger partial charge in [-0.1, -0.05) is 23.7 Å². The summed E-state index contributed by atoms with van der Waals surface area (Å²) in [7, 11) is -0.506. The van der Waals surface area contributed by atoms with Gasteiger partial charge in [0.1, 0.15) is 5.82 Å². The molecule has 24 heavy (non-hydrogen) atoms. The average molecular weight is 374 g/mol. The monoisotopic (exact) mass is 373 g/mol. The minimum Gasteiger partial charge on any atom is -0.259 e. The lowest BCUT2D eigenvalue weighted by atomic mass is 10.1. The summed E-state index contributed by atoms with van der Waals surface area (Å²) in [6.07, 6.45) is 1.82. The molecule has 0 saturated heterocycles. The number of rotatable bonds is 2. The van der Waals surface area contributed by atoms with E-state index in [1.165, 1.54) is 10.6 Å². The largest absolute Gasteiger partial charge is 0.259 e. The molecule has 1 aliphatic heterocycles. The molecule has 2 unspecified atom stereocenters. The molecule has 2 atom stereocenters. The van der Waals surface area contributed by atoms with Gasteiger partial charge in [0.15, 0.2) is 0 Å². The molecule has 0 spiro atoms. The third kappa shape index (κ3) is 2.86. The Morgan fingerprint density at radius 1 is 1.08 bits per heavy atom. The first-order valence-corrected chi connectivity index (χ1v) is 10.6. The normalized spacial score (nSPS) is 18.8. The van der Waals surface area contributed by atoms with Crippen LogP contribution in [0.1, 0.15) is 16.5 Å². The average Bonchev–Trinajstić information content (AvgIpc) is 2.60. The number of halogens is 2. The van der Waals surface area contributed by atoms with Crippen molar-refractivity contribution >= 4 is 41.9 Å². The summed E-state index contributed by atoms with van der Waals surface area (Å²) < 4.78 is 13.9. The second kappa shape index (κ2) is 6.48. The lowest BCUT2D eigenvalue weighted by molar-refractivity contribution is 0.626.